The van der Waals surface area contributed by atoms with Crippen molar-refractivity contribution in [3.8, 4) is 0 Å². The molecule has 1 fully saturated rings. The van der Waals surface area contributed by atoms with E-state index in [1.54, 1.807) is 0 Å². The average Bonchev–Trinajstić information content (AvgIpc) is 2.56. The molecular weight excluding hydrogens is 256 g/mol. The van der Waals surface area contributed by atoms with Crippen molar-refractivity contribution in [1.82, 2.24) is 5.32 Å². The molecule has 0 bridgehead atoms. The number of benzene rings is 1. The van der Waals surface area contributed by atoms with Gasteiger partial charge in [0.1, 0.15) is 0 Å². The first-order valence-corrected chi connectivity index (χ1v) is 8.86. The Kier molecular flexibility index (Phi) is 7.08. The molecule has 0 aromatic heterocycles. The van der Waals surface area contributed by atoms with Crippen LogP contribution in [0.15, 0.2) is 30.3 Å². The van der Waals surface area contributed by atoms with Gasteiger partial charge in [-0.05, 0) is 43.9 Å². The van der Waals surface area contributed by atoms with Gasteiger partial charge in [-0.3, -0.25) is 0 Å². The number of unbranched alkanes of at least 4 members (excludes halogenated alkanes) is 1. The van der Waals surface area contributed by atoms with Crippen LogP contribution >= 0.6 is 0 Å². The number of anilines is 1. The first kappa shape index (κ1) is 16.4. The molecule has 1 unspecified atom stereocenters. The second-order valence-electron chi connectivity index (χ2n) is 6.42. The van der Waals surface area contributed by atoms with Crippen molar-refractivity contribution in [1.29, 1.82) is 0 Å². The molecule has 0 aliphatic carbocycles. The quantitative estimate of drug-likeness (QED) is 0.759. The fraction of sp³-hybridized carbons (Fsp3) is 0.684. The first-order valence-electron chi connectivity index (χ1n) is 8.86. The van der Waals surface area contributed by atoms with Crippen molar-refractivity contribution in [2.24, 2.45) is 5.92 Å². The smallest absolute Gasteiger partial charge is 0.0366 e. The summed E-state index contributed by atoms with van der Waals surface area (Å²) in [6.07, 6.45) is 7.97. The van der Waals surface area contributed by atoms with Gasteiger partial charge in [-0.1, -0.05) is 51.3 Å². The molecule has 1 saturated heterocycles. The van der Waals surface area contributed by atoms with Crippen LogP contribution in [-0.4, -0.2) is 25.7 Å². The van der Waals surface area contributed by atoms with E-state index in [9.17, 15) is 0 Å². The van der Waals surface area contributed by atoms with Crippen molar-refractivity contribution in [2.45, 2.75) is 58.4 Å². The molecule has 0 radical (unpaired) electrons. The van der Waals surface area contributed by atoms with Crippen LogP contribution in [0.2, 0.25) is 0 Å². The fourth-order valence-electron chi connectivity index (χ4n) is 3.26. The topological polar surface area (TPSA) is 15.3 Å². The van der Waals surface area contributed by atoms with Crippen molar-refractivity contribution >= 4 is 5.69 Å². The zero-order chi connectivity index (χ0) is 14.9. The van der Waals surface area contributed by atoms with Crippen LogP contribution in [0, 0.1) is 5.92 Å². The molecule has 1 atom stereocenters. The Bertz CT molecular complexity index is 368. The molecular formula is C19H32N2. The number of nitrogens with one attached hydrogen (secondary N) is 1. The minimum atomic E-state index is 0.723. The lowest BCUT2D eigenvalue weighted by molar-refractivity contribution is 0.353. The molecule has 0 saturated carbocycles. The summed E-state index contributed by atoms with van der Waals surface area (Å²) in [4.78, 5) is 2.52. The van der Waals surface area contributed by atoms with Gasteiger partial charge in [-0.25, -0.2) is 0 Å². The van der Waals surface area contributed by atoms with Gasteiger partial charge < -0.3 is 10.2 Å². The highest BCUT2D eigenvalue weighted by atomic mass is 15.1. The lowest BCUT2D eigenvalue weighted by Crippen LogP contribution is -2.43. The zero-order valence-corrected chi connectivity index (χ0v) is 13.9. The summed E-state index contributed by atoms with van der Waals surface area (Å²) in [5.74, 6) is 0.872. The molecule has 118 valence electrons. The molecule has 1 aliphatic heterocycles. The molecule has 1 aliphatic rings. The molecule has 1 heterocycles. The Labute approximate surface area is 130 Å². The summed E-state index contributed by atoms with van der Waals surface area (Å²) < 4.78 is 0. The number of piperidine rings is 1. The largest absolute Gasteiger partial charge is 0.371 e. The molecule has 2 rings (SSSR count). The second-order valence-corrected chi connectivity index (χ2v) is 6.42. The maximum absolute atomic E-state index is 3.83. The summed E-state index contributed by atoms with van der Waals surface area (Å²) >= 11 is 0. The molecule has 1 aromatic rings. The SMILES string of the molecule is CCCCC(CC)CNC1CCN(c2ccccc2)CC1. The summed E-state index contributed by atoms with van der Waals surface area (Å²) in [6, 6.07) is 11.6. The Morgan fingerprint density at radius 2 is 1.86 bits per heavy atom. The minimum Gasteiger partial charge on any atom is -0.371 e. The van der Waals surface area contributed by atoms with Gasteiger partial charge in [0.05, 0.1) is 0 Å². The number of hydrogen-bond acceptors (Lipinski definition) is 2. The highest BCUT2D eigenvalue weighted by molar-refractivity contribution is 5.46. The van der Waals surface area contributed by atoms with Gasteiger partial charge in [0, 0.05) is 24.8 Å². The molecule has 2 heteroatoms. The average molecular weight is 288 g/mol. The van der Waals surface area contributed by atoms with Crippen LogP contribution in [0.25, 0.3) is 0 Å². The maximum Gasteiger partial charge on any atom is 0.0366 e. The Balaban J connectivity index is 1.69. The van der Waals surface area contributed by atoms with Crippen LogP contribution in [0.4, 0.5) is 5.69 Å². The van der Waals surface area contributed by atoms with Crippen LogP contribution in [0.1, 0.15) is 52.4 Å². The van der Waals surface area contributed by atoms with E-state index in [1.165, 1.54) is 63.8 Å². The van der Waals surface area contributed by atoms with Gasteiger partial charge in [-0.15, -0.1) is 0 Å². The number of hydrogen-bond donors (Lipinski definition) is 1. The third-order valence-electron chi connectivity index (χ3n) is 4.85. The molecule has 2 nitrogen and oxygen atoms in total. The first-order chi connectivity index (χ1) is 10.3. The number of rotatable bonds is 8. The molecule has 21 heavy (non-hydrogen) atoms. The van der Waals surface area contributed by atoms with E-state index in [2.05, 4.69) is 54.4 Å². The normalized spacial score (nSPS) is 17.9. The summed E-state index contributed by atoms with van der Waals surface area (Å²) in [5.41, 5.74) is 1.38. The van der Waals surface area contributed by atoms with E-state index in [4.69, 9.17) is 0 Å². The van der Waals surface area contributed by atoms with E-state index in [0.29, 0.717) is 0 Å². The van der Waals surface area contributed by atoms with Crippen LogP contribution in [0.3, 0.4) is 0 Å². The summed E-state index contributed by atoms with van der Waals surface area (Å²) in [6.45, 7) is 8.22. The van der Waals surface area contributed by atoms with Crippen LogP contribution in [-0.2, 0) is 0 Å². The minimum absolute atomic E-state index is 0.723. The van der Waals surface area contributed by atoms with Gasteiger partial charge in [0.25, 0.3) is 0 Å². The third kappa shape index (κ3) is 5.35. The Hall–Kier alpha value is -1.02. The monoisotopic (exact) mass is 288 g/mol. The molecule has 0 spiro atoms. The van der Waals surface area contributed by atoms with E-state index < -0.39 is 0 Å². The van der Waals surface area contributed by atoms with Gasteiger partial charge >= 0.3 is 0 Å². The van der Waals surface area contributed by atoms with Crippen molar-refractivity contribution in [3.63, 3.8) is 0 Å². The second kappa shape index (κ2) is 9.09. The van der Waals surface area contributed by atoms with Crippen LogP contribution < -0.4 is 10.2 Å². The zero-order valence-electron chi connectivity index (χ0n) is 13.9. The lowest BCUT2D eigenvalue weighted by atomic mass is 9.97. The predicted octanol–water partition coefficient (Wildman–Crippen LogP) is 4.46. The fourth-order valence-corrected chi connectivity index (χ4v) is 3.26. The lowest BCUT2D eigenvalue weighted by Gasteiger charge is -2.34. The molecule has 1 aromatic carbocycles. The molecule has 1 N–H and O–H groups in total. The van der Waals surface area contributed by atoms with Gasteiger partial charge in [0.2, 0.25) is 0 Å². The Morgan fingerprint density at radius 1 is 1.14 bits per heavy atom. The third-order valence-corrected chi connectivity index (χ3v) is 4.85. The van der Waals surface area contributed by atoms with Gasteiger partial charge in [-0.2, -0.15) is 0 Å². The van der Waals surface area contributed by atoms with Gasteiger partial charge in [0.15, 0.2) is 0 Å². The van der Waals surface area contributed by atoms with E-state index >= 15 is 0 Å². The Morgan fingerprint density at radius 3 is 2.48 bits per heavy atom. The van der Waals surface area contributed by atoms with E-state index in [0.717, 1.165) is 12.0 Å². The standard InChI is InChI=1S/C19H32N2/c1-3-5-9-17(4-2)16-20-18-12-14-21(15-13-18)19-10-7-6-8-11-19/h6-8,10-11,17-18,20H,3-5,9,12-16H2,1-2H3. The molecule has 0 amide bonds. The van der Waals surface area contributed by atoms with E-state index in [-0.39, 0.29) is 0 Å². The summed E-state index contributed by atoms with van der Waals surface area (Å²) in [5, 5.41) is 3.83. The highest BCUT2D eigenvalue weighted by Crippen LogP contribution is 2.20. The van der Waals surface area contributed by atoms with E-state index in [1.807, 2.05) is 0 Å². The number of nitrogens with zero attached hydrogens (tertiary/aromatic N) is 1. The predicted molar refractivity (Wildman–Crippen MR) is 93.0 cm³/mol. The summed E-state index contributed by atoms with van der Waals surface area (Å²) in [7, 11) is 0. The van der Waals surface area contributed by atoms with Crippen molar-refractivity contribution < 1.29 is 0 Å². The number of para-hydroxylation sites is 1. The van der Waals surface area contributed by atoms with Crippen molar-refractivity contribution in [2.75, 3.05) is 24.5 Å². The van der Waals surface area contributed by atoms with Crippen molar-refractivity contribution in [3.05, 3.63) is 30.3 Å². The maximum atomic E-state index is 3.83. The highest BCUT2D eigenvalue weighted by Gasteiger charge is 2.19. The van der Waals surface area contributed by atoms with Crippen LogP contribution in [0.5, 0.6) is 0 Å².